The lowest BCUT2D eigenvalue weighted by Crippen LogP contribution is -2.51. The maximum Gasteiger partial charge on any atom is 0.248 e. The minimum atomic E-state index is -0.510. The monoisotopic (exact) mass is 433 g/mol. The number of hydrogen-bond donors (Lipinski definition) is 1. The molecule has 31 heavy (non-hydrogen) atoms. The summed E-state index contributed by atoms with van der Waals surface area (Å²) < 4.78 is 0. The number of anilines is 1. The molecule has 2 amide bonds. The summed E-state index contributed by atoms with van der Waals surface area (Å²) in [6.45, 7) is 1.79. The van der Waals surface area contributed by atoms with Crippen LogP contribution in [0.5, 0.6) is 0 Å². The van der Waals surface area contributed by atoms with Crippen LogP contribution in [0.3, 0.4) is 0 Å². The van der Waals surface area contributed by atoms with Gasteiger partial charge in [0.25, 0.3) is 0 Å². The fourth-order valence-electron chi connectivity index (χ4n) is 4.03. The molecule has 2 N–H and O–H groups in total. The molecule has 4 rings (SSSR count). The van der Waals surface area contributed by atoms with E-state index in [2.05, 4.69) is 17.0 Å². The normalized spacial score (nSPS) is 16.2. The van der Waals surface area contributed by atoms with E-state index < -0.39 is 5.91 Å². The number of nitrogens with zero attached hydrogens (tertiary/aromatic N) is 2. The first-order valence-electron chi connectivity index (χ1n) is 10.3. The number of nitrogens with two attached hydrogens (primary N) is 1. The van der Waals surface area contributed by atoms with E-state index >= 15 is 0 Å². The predicted octanol–water partition coefficient (Wildman–Crippen LogP) is 4.07. The van der Waals surface area contributed by atoms with Crippen LogP contribution in [0, 0.1) is 0 Å². The van der Waals surface area contributed by atoms with E-state index in [1.807, 2.05) is 59.5 Å². The van der Waals surface area contributed by atoms with Gasteiger partial charge in [0.15, 0.2) is 0 Å². The first-order chi connectivity index (χ1) is 15.0. The van der Waals surface area contributed by atoms with E-state index in [9.17, 15) is 9.59 Å². The number of amides is 2. The highest BCUT2D eigenvalue weighted by Gasteiger charge is 2.31. The summed E-state index contributed by atoms with van der Waals surface area (Å²) in [6, 6.07) is 25.0. The molecule has 3 aromatic carbocycles. The van der Waals surface area contributed by atoms with Crippen LogP contribution in [0.1, 0.15) is 27.5 Å². The third-order valence-corrected chi connectivity index (χ3v) is 5.96. The molecule has 0 saturated carbocycles. The third-order valence-electron chi connectivity index (χ3n) is 5.66. The van der Waals surface area contributed by atoms with Gasteiger partial charge < -0.3 is 15.5 Å². The summed E-state index contributed by atoms with van der Waals surface area (Å²) in [6.07, 6.45) is 0.385. The number of carbonyl (C=O) groups excluding carboxylic acids is 2. The minimum absolute atomic E-state index is 0.0494. The lowest BCUT2D eigenvalue weighted by Gasteiger charge is -2.43. The van der Waals surface area contributed by atoms with E-state index in [-0.39, 0.29) is 11.9 Å². The van der Waals surface area contributed by atoms with Crippen LogP contribution in [0.4, 0.5) is 5.69 Å². The van der Waals surface area contributed by atoms with Crippen LogP contribution in [0.25, 0.3) is 0 Å². The van der Waals surface area contributed by atoms with Crippen molar-refractivity contribution in [2.45, 2.75) is 12.5 Å². The van der Waals surface area contributed by atoms with Gasteiger partial charge in [-0.05, 0) is 29.3 Å². The molecule has 1 heterocycles. The van der Waals surface area contributed by atoms with Crippen molar-refractivity contribution in [2.24, 2.45) is 5.73 Å². The van der Waals surface area contributed by atoms with Crippen molar-refractivity contribution < 1.29 is 9.59 Å². The molecule has 0 aromatic heterocycles. The first-order valence-corrected chi connectivity index (χ1v) is 10.6. The second-order valence-corrected chi connectivity index (χ2v) is 8.06. The largest absolute Gasteiger partial charge is 0.366 e. The minimum Gasteiger partial charge on any atom is -0.366 e. The highest BCUT2D eigenvalue weighted by molar-refractivity contribution is 6.33. The van der Waals surface area contributed by atoms with Crippen LogP contribution in [0.2, 0.25) is 5.02 Å². The Morgan fingerprint density at radius 1 is 0.935 bits per heavy atom. The van der Waals surface area contributed by atoms with Gasteiger partial charge in [-0.3, -0.25) is 9.59 Å². The standard InChI is InChI=1S/C25H24ClN3O2/c26-21-16-20(25(27)31)11-12-22(21)29-14-13-28(17-23(29)19-9-5-2-6-10-19)24(30)15-18-7-3-1-4-8-18/h1-12,16,23H,13-15,17H2,(H2,27,31)/t23-/m0/s1. The van der Waals surface area contributed by atoms with Crippen LogP contribution in [0.15, 0.2) is 78.9 Å². The molecule has 0 bridgehead atoms. The quantitative estimate of drug-likeness (QED) is 0.659. The number of halogens is 1. The molecule has 5 nitrogen and oxygen atoms in total. The summed E-state index contributed by atoms with van der Waals surface area (Å²) in [7, 11) is 0. The van der Waals surface area contributed by atoms with Crippen LogP contribution in [-0.4, -0.2) is 36.3 Å². The van der Waals surface area contributed by atoms with Gasteiger partial charge in [-0.1, -0.05) is 72.3 Å². The Balaban J connectivity index is 1.60. The van der Waals surface area contributed by atoms with Crippen LogP contribution < -0.4 is 10.6 Å². The summed E-state index contributed by atoms with van der Waals surface area (Å²) in [5.74, 6) is -0.397. The molecule has 6 heteroatoms. The van der Waals surface area contributed by atoms with Crippen molar-refractivity contribution in [1.82, 2.24) is 4.90 Å². The maximum absolute atomic E-state index is 13.0. The third kappa shape index (κ3) is 4.72. The molecule has 1 atom stereocenters. The molecule has 1 aliphatic heterocycles. The number of benzene rings is 3. The Morgan fingerprint density at radius 2 is 1.61 bits per heavy atom. The summed E-state index contributed by atoms with van der Waals surface area (Å²) >= 11 is 6.54. The fourth-order valence-corrected chi connectivity index (χ4v) is 4.32. The van der Waals surface area contributed by atoms with Crippen LogP contribution >= 0.6 is 11.6 Å². The molecular weight excluding hydrogens is 410 g/mol. The number of piperazine rings is 1. The number of carbonyl (C=O) groups is 2. The Morgan fingerprint density at radius 3 is 2.26 bits per heavy atom. The Hall–Kier alpha value is -3.31. The van der Waals surface area contributed by atoms with Gasteiger partial charge in [0, 0.05) is 25.2 Å². The van der Waals surface area contributed by atoms with E-state index in [4.69, 9.17) is 17.3 Å². The van der Waals surface area contributed by atoms with Crippen LogP contribution in [-0.2, 0) is 11.2 Å². The van der Waals surface area contributed by atoms with Gasteiger partial charge in [0.1, 0.15) is 0 Å². The van der Waals surface area contributed by atoms with E-state index in [0.717, 1.165) is 16.8 Å². The Kier molecular flexibility index (Phi) is 6.23. The molecule has 1 saturated heterocycles. The lowest BCUT2D eigenvalue weighted by atomic mass is 10.00. The number of rotatable bonds is 5. The van der Waals surface area contributed by atoms with Crippen molar-refractivity contribution in [2.75, 3.05) is 24.5 Å². The van der Waals surface area contributed by atoms with E-state index in [1.54, 1.807) is 12.1 Å². The molecule has 1 fully saturated rings. The molecule has 0 radical (unpaired) electrons. The summed E-state index contributed by atoms with van der Waals surface area (Å²) in [5, 5.41) is 0.473. The van der Waals surface area contributed by atoms with Gasteiger partial charge in [0.05, 0.1) is 23.2 Å². The highest BCUT2D eigenvalue weighted by Crippen LogP contribution is 2.35. The molecule has 0 spiro atoms. The maximum atomic E-state index is 13.0. The van der Waals surface area contributed by atoms with Gasteiger partial charge >= 0.3 is 0 Å². The zero-order valence-corrected chi connectivity index (χ0v) is 17.8. The second kappa shape index (κ2) is 9.23. The lowest BCUT2D eigenvalue weighted by molar-refractivity contribution is -0.131. The van der Waals surface area contributed by atoms with Crippen molar-refractivity contribution in [3.05, 3.63) is 101 Å². The molecule has 158 valence electrons. The fraction of sp³-hybridized carbons (Fsp3) is 0.200. The van der Waals surface area contributed by atoms with E-state index in [1.165, 1.54) is 0 Å². The zero-order chi connectivity index (χ0) is 21.8. The van der Waals surface area contributed by atoms with Crippen molar-refractivity contribution in [1.29, 1.82) is 0 Å². The van der Waals surface area contributed by atoms with Crippen molar-refractivity contribution in [3.63, 3.8) is 0 Å². The van der Waals surface area contributed by atoms with Gasteiger partial charge in [-0.2, -0.15) is 0 Å². The molecule has 0 unspecified atom stereocenters. The van der Waals surface area contributed by atoms with Gasteiger partial charge in [-0.25, -0.2) is 0 Å². The zero-order valence-electron chi connectivity index (χ0n) is 17.1. The molecule has 1 aliphatic rings. The average Bonchev–Trinajstić information content (AvgIpc) is 2.80. The Labute approximate surface area is 187 Å². The van der Waals surface area contributed by atoms with Gasteiger partial charge in [0.2, 0.25) is 11.8 Å². The molecule has 3 aromatic rings. The van der Waals surface area contributed by atoms with Crippen molar-refractivity contribution in [3.8, 4) is 0 Å². The average molecular weight is 434 g/mol. The number of primary amides is 1. The predicted molar refractivity (Wildman–Crippen MR) is 123 cm³/mol. The van der Waals surface area contributed by atoms with Crippen molar-refractivity contribution >= 4 is 29.1 Å². The Bertz CT molecular complexity index is 1070. The summed E-state index contributed by atoms with van der Waals surface area (Å²) in [5.41, 5.74) is 8.71. The highest BCUT2D eigenvalue weighted by atomic mass is 35.5. The smallest absolute Gasteiger partial charge is 0.248 e. The van der Waals surface area contributed by atoms with Gasteiger partial charge in [-0.15, -0.1) is 0 Å². The van der Waals surface area contributed by atoms with E-state index in [0.29, 0.717) is 36.6 Å². The molecular formula is C25H24ClN3O2. The first kappa shape index (κ1) is 20.9. The topological polar surface area (TPSA) is 66.6 Å². The molecule has 0 aliphatic carbocycles. The second-order valence-electron chi connectivity index (χ2n) is 7.65. The summed E-state index contributed by atoms with van der Waals surface area (Å²) in [4.78, 5) is 28.6. The number of hydrogen-bond acceptors (Lipinski definition) is 3. The SMILES string of the molecule is NC(=O)c1ccc(N2CCN(C(=O)Cc3ccccc3)C[C@H]2c2ccccc2)c(Cl)c1.